The Labute approximate surface area is 156 Å². The van der Waals surface area contributed by atoms with E-state index in [-0.39, 0.29) is 30.3 Å². The summed E-state index contributed by atoms with van der Waals surface area (Å²) < 4.78 is 10.9. The fourth-order valence-corrected chi connectivity index (χ4v) is 3.23. The first-order valence-electron chi connectivity index (χ1n) is 8.43. The molecule has 1 amide bonds. The van der Waals surface area contributed by atoms with Crippen molar-refractivity contribution in [1.29, 1.82) is 0 Å². The second-order valence-electron chi connectivity index (χ2n) is 6.73. The van der Waals surface area contributed by atoms with E-state index in [2.05, 4.69) is 10.1 Å². The number of hydrogen-bond donors (Lipinski definition) is 1. The summed E-state index contributed by atoms with van der Waals surface area (Å²) in [5.74, 6) is 0.625. The van der Waals surface area contributed by atoms with Crippen molar-refractivity contribution in [1.82, 2.24) is 15.0 Å². The zero-order chi connectivity index (χ0) is 17.6. The zero-order valence-electron chi connectivity index (χ0n) is 14.6. The lowest BCUT2D eigenvalue weighted by molar-refractivity contribution is 0.0792. The van der Waals surface area contributed by atoms with Crippen LogP contribution < -0.4 is 5.73 Å². The highest BCUT2D eigenvalue weighted by Gasteiger charge is 2.29. The molecule has 1 fully saturated rings. The van der Waals surface area contributed by atoms with Gasteiger partial charge in [0.25, 0.3) is 11.6 Å². The lowest BCUT2D eigenvalue weighted by Gasteiger charge is -2.17. The maximum atomic E-state index is 13.1. The molecule has 0 bridgehead atoms. The van der Waals surface area contributed by atoms with Gasteiger partial charge in [0.1, 0.15) is 5.69 Å². The van der Waals surface area contributed by atoms with Crippen molar-refractivity contribution in [3.8, 4) is 11.5 Å². The molecule has 0 aliphatic carbocycles. The van der Waals surface area contributed by atoms with Crippen LogP contribution in [0.1, 0.15) is 42.2 Å². The molecule has 8 heteroatoms. The van der Waals surface area contributed by atoms with Gasteiger partial charge in [-0.25, -0.2) is 4.98 Å². The van der Waals surface area contributed by atoms with E-state index in [1.54, 1.807) is 29.4 Å². The van der Waals surface area contributed by atoms with Crippen molar-refractivity contribution in [2.24, 2.45) is 5.73 Å². The molecule has 1 saturated heterocycles. The fraction of sp³-hybridized carbons (Fsp3) is 0.389. The van der Waals surface area contributed by atoms with E-state index in [0.717, 1.165) is 12.1 Å². The molecule has 3 aromatic rings. The van der Waals surface area contributed by atoms with Gasteiger partial charge in [0.15, 0.2) is 5.76 Å². The van der Waals surface area contributed by atoms with E-state index in [4.69, 9.17) is 14.7 Å². The van der Waals surface area contributed by atoms with Crippen LogP contribution in [0.2, 0.25) is 0 Å². The van der Waals surface area contributed by atoms with Gasteiger partial charge in [-0.15, -0.1) is 12.4 Å². The van der Waals surface area contributed by atoms with Crippen LogP contribution in [0.3, 0.4) is 0 Å². The molecule has 0 radical (unpaired) electrons. The average Bonchev–Trinajstić information content (AvgIpc) is 3.32. The number of hydrogen-bond acceptors (Lipinski definition) is 6. The second-order valence-corrected chi connectivity index (χ2v) is 6.73. The lowest BCUT2D eigenvalue weighted by Crippen LogP contribution is -2.32. The number of nitrogens with zero attached hydrogens (tertiary/aromatic N) is 3. The Kier molecular flexibility index (Phi) is 5.02. The number of likely N-dealkylation sites (tertiary alicyclic amines) is 1. The summed E-state index contributed by atoms with van der Waals surface area (Å²) in [6, 6.07) is 5.37. The summed E-state index contributed by atoms with van der Waals surface area (Å²) in [7, 11) is 0. The highest BCUT2D eigenvalue weighted by atomic mass is 35.5. The number of pyridine rings is 1. The van der Waals surface area contributed by atoms with Crippen LogP contribution in [0.15, 0.2) is 33.4 Å². The number of rotatable bonds is 3. The third-order valence-electron chi connectivity index (χ3n) is 4.54. The monoisotopic (exact) mass is 376 g/mol. The maximum absolute atomic E-state index is 13.1. The van der Waals surface area contributed by atoms with Crippen LogP contribution in [0.5, 0.6) is 0 Å². The standard InChI is InChI=1S/C18H20N4O3.ClH/c1-10(2)16-15-12(18(23)22-6-5-11(19)9-22)8-13(14-4-3-7-24-14)20-17(15)25-21-16;/h3-4,7-8,10-11H,5-6,9,19H2,1-2H3;1H. The molecule has 1 unspecified atom stereocenters. The van der Waals surface area contributed by atoms with Crippen molar-refractivity contribution in [2.45, 2.75) is 32.2 Å². The number of halogens is 1. The zero-order valence-corrected chi connectivity index (χ0v) is 15.5. The summed E-state index contributed by atoms with van der Waals surface area (Å²) in [5.41, 5.74) is 8.14. The van der Waals surface area contributed by atoms with Gasteiger partial charge in [0.2, 0.25) is 0 Å². The Balaban J connectivity index is 0.00000196. The SMILES string of the molecule is CC(C)c1noc2nc(-c3ccco3)cc(C(=O)N3CCC(N)C3)c12.Cl. The van der Waals surface area contributed by atoms with Crippen LogP contribution >= 0.6 is 12.4 Å². The van der Waals surface area contributed by atoms with Gasteiger partial charge in [-0.1, -0.05) is 19.0 Å². The van der Waals surface area contributed by atoms with Gasteiger partial charge in [-0.2, -0.15) is 0 Å². The molecule has 1 aliphatic heterocycles. The molecule has 0 aromatic carbocycles. The quantitative estimate of drug-likeness (QED) is 0.753. The molecule has 1 aliphatic rings. The van der Waals surface area contributed by atoms with E-state index in [9.17, 15) is 4.79 Å². The lowest BCUT2D eigenvalue weighted by atomic mass is 10.0. The Morgan fingerprint density at radius 2 is 2.23 bits per heavy atom. The summed E-state index contributed by atoms with van der Waals surface area (Å²) in [6.45, 7) is 5.23. The summed E-state index contributed by atoms with van der Waals surface area (Å²) in [6.07, 6.45) is 2.38. The van der Waals surface area contributed by atoms with Gasteiger partial charge in [0.05, 0.1) is 22.9 Å². The number of fused-ring (bicyclic) bond motifs is 1. The molecule has 2 N–H and O–H groups in total. The number of furan rings is 1. The fourth-order valence-electron chi connectivity index (χ4n) is 3.23. The minimum absolute atomic E-state index is 0. The van der Waals surface area contributed by atoms with Gasteiger partial charge >= 0.3 is 0 Å². The number of carbonyl (C=O) groups is 1. The minimum atomic E-state index is -0.0711. The average molecular weight is 377 g/mol. The molecule has 138 valence electrons. The Morgan fingerprint density at radius 3 is 2.85 bits per heavy atom. The van der Waals surface area contributed by atoms with E-state index >= 15 is 0 Å². The minimum Gasteiger partial charge on any atom is -0.463 e. The third kappa shape index (κ3) is 3.08. The first-order valence-corrected chi connectivity index (χ1v) is 8.43. The molecule has 7 nitrogen and oxygen atoms in total. The van der Waals surface area contributed by atoms with Crippen LogP contribution in [0, 0.1) is 0 Å². The van der Waals surface area contributed by atoms with E-state index in [1.807, 2.05) is 13.8 Å². The van der Waals surface area contributed by atoms with Crippen LogP contribution in [0.4, 0.5) is 0 Å². The molecule has 0 spiro atoms. The molecule has 0 saturated carbocycles. The van der Waals surface area contributed by atoms with E-state index in [0.29, 0.717) is 41.2 Å². The summed E-state index contributed by atoms with van der Waals surface area (Å²) in [4.78, 5) is 19.4. The predicted molar refractivity (Wildman–Crippen MR) is 99.3 cm³/mol. The van der Waals surface area contributed by atoms with Crippen molar-refractivity contribution >= 4 is 29.4 Å². The highest BCUT2D eigenvalue weighted by Crippen LogP contribution is 2.32. The number of aromatic nitrogens is 2. The van der Waals surface area contributed by atoms with E-state index < -0.39 is 0 Å². The molecule has 4 rings (SSSR count). The molecule has 3 aromatic heterocycles. The molecule has 26 heavy (non-hydrogen) atoms. The van der Waals surface area contributed by atoms with Crippen LogP contribution in [-0.4, -0.2) is 40.1 Å². The number of carbonyl (C=O) groups excluding carboxylic acids is 1. The smallest absolute Gasteiger partial charge is 0.259 e. The van der Waals surface area contributed by atoms with E-state index in [1.165, 1.54) is 0 Å². The van der Waals surface area contributed by atoms with Gasteiger partial charge in [-0.05, 0) is 30.5 Å². The Hall–Kier alpha value is -2.38. The second kappa shape index (κ2) is 7.09. The van der Waals surface area contributed by atoms with Gasteiger partial charge in [-0.3, -0.25) is 4.79 Å². The number of nitrogens with two attached hydrogens (primary N) is 1. The van der Waals surface area contributed by atoms with Crippen molar-refractivity contribution < 1.29 is 13.7 Å². The van der Waals surface area contributed by atoms with Crippen molar-refractivity contribution in [3.05, 3.63) is 35.7 Å². The van der Waals surface area contributed by atoms with Crippen molar-refractivity contribution in [3.63, 3.8) is 0 Å². The molecule has 1 atom stereocenters. The first-order chi connectivity index (χ1) is 12.0. The van der Waals surface area contributed by atoms with Gasteiger partial charge < -0.3 is 19.6 Å². The topological polar surface area (TPSA) is 98.4 Å². The van der Waals surface area contributed by atoms with Crippen LogP contribution in [0.25, 0.3) is 22.6 Å². The first kappa shape index (κ1) is 18.4. The normalized spacial score (nSPS) is 17.1. The Morgan fingerprint density at radius 1 is 1.42 bits per heavy atom. The summed E-state index contributed by atoms with van der Waals surface area (Å²) >= 11 is 0. The predicted octanol–water partition coefficient (Wildman–Crippen LogP) is 3.20. The largest absolute Gasteiger partial charge is 0.463 e. The maximum Gasteiger partial charge on any atom is 0.259 e. The third-order valence-corrected chi connectivity index (χ3v) is 4.54. The molecular weight excluding hydrogens is 356 g/mol. The molecular formula is C18H21ClN4O3. The summed E-state index contributed by atoms with van der Waals surface area (Å²) in [5, 5.41) is 4.81. The number of amides is 1. The van der Waals surface area contributed by atoms with Crippen molar-refractivity contribution in [2.75, 3.05) is 13.1 Å². The molecule has 4 heterocycles. The Bertz CT molecular complexity index is 920. The highest BCUT2D eigenvalue weighted by molar-refractivity contribution is 6.07. The van der Waals surface area contributed by atoms with Gasteiger partial charge in [0, 0.05) is 19.1 Å². The van der Waals surface area contributed by atoms with Crippen LogP contribution in [-0.2, 0) is 0 Å².